The van der Waals surface area contributed by atoms with E-state index in [1.54, 1.807) is 6.92 Å². The molecular weight excluding hydrogens is 228 g/mol. The predicted molar refractivity (Wildman–Crippen MR) is 56.6 cm³/mol. The summed E-state index contributed by atoms with van der Waals surface area (Å²) in [6.07, 6.45) is 1.26. The van der Waals surface area contributed by atoms with Crippen molar-refractivity contribution in [2.24, 2.45) is 0 Å². The molecule has 0 fully saturated rings. The molecule has 3 nitrogen and oxygen atoms in total. The van der Waals surface area contributed by atoms with Gasteiger partial charge in [-0.1, -0.05) is 0 Å². The highest BCUT2D eigenvalue weighted by Gasteiger charge is 2.08. The second-order valence-electron chi connectivity index (χ2n) is 3.51. The van der Waals surface area contributed by atoms with Crippen LogP contribution in [0.3, 0.4) is 0 Å². The van der Waals surface area contributed by atoms with Crippen LogP contribution in [-0.2, 0) is 0 Å². The van der Waals surface area contributed by atoms with Crippen molar-refractivity contribution in [3.05, 3.63) is 59.1 Å². The number of rotatable bonds is 2. The first-order chi connectivity index (χ1) is 8.06. The predicted octanol–water partition coefficient (Wildman–Crippen LogP) is 2.70. The summed E-state index contributed by atoms with van der Waals surface area (Å²) in [5, 5.41) is 11.1. The van der Waals surface area contributed by atoms with E-state index in [2.05, 4.69) is 0 Å². The van der Waals surface area contributed by atoms with Gasteiger partial charge in [0.2, 0.25) is 0 Å². The topological polar surface area (TPSA) is 36.2 Å². The third-order valence-electron chi connectivity index (χ3n) is 2.19. The summed E-state index contributed by atoms with van der Waals surface area (Å²) in [6, 6.07) is 5.90. The van der Waals surface area contributed by atoms with Crippen LogP contribution < -0.4 is 9.47 Å². The molecule has 0 unspecified atom stereocenters. The van der Waals surface area contributed by atoms with Crippen LogP contribution in [0.4, 0.5) is 8.78 Å². The summed E-state index contributed by atoms with van der Waals surface area (Å²) >= 11 is 0. The molecule has 5 heteroatoms. The Morgan fingerprint density at radius 1 is 1.18 bits per heavy atom. The van der Waals surface area contributed by atoms with E-state index in [9.17, 15) is 14.0 Å². The third-order valence-corrected chi connectivity index (χ3v) is 2.19. The minimum atomic E-state index is -0.790. The maximum absolute atomic E-state index is 13.3. The number of pyridine rings is 1. The van der Waals surface area contributed by atoms with Gasteiger partial charge in [-0.2, -0.15) is 4.73 Å². The fourth-order valence-corrected chi connectivity index (χ4v) is 1.32. The van der Waals surface area contributed by atoms with Crippen molar-refractivity contribution in [1.29, 1.82) is 0 Å². The van der Waals surface area contributed by atoms with E-state index in [4.69, 9.17) is 4.74 Å². The van der Waals surface area contributed by atoms with Crippen LogP contribution in [-0.4, -0.2) is 0 Å². The smallest absolute Gasteiger partial charge is 0.193 e. The lowest BCUT2D eigenvalue weighted by Gasteiger charge is -2.07. The van der Waals surface area contributed by atoms with Gasteiger partial charge in [-0.15, -0.1) is 0 Å². The Morgan fingerprint density at radius 2 is 1.94 bits per heavy atom. The van der Waals surface area contributed by atoms with E-state index >= 15 is 0 Å². The minimum Gasteiger partial charge on any atom is -0.619 e. The van der Waals surface area contributed by atoms with Crippen molar-refractivity contribution >= 4 is 0 Å². The van der Waals surface area contributed by atoms with Gasteiger partial charge in [0.25, 0.3) is 0 Å². The molecular formula is C12H9F2NO2. The van der Waals surface area contributed by atoms with Crippen LogP contribution in [0.1, 0.15) is 5.69 Å². The molecule has 0 bridgehead atoms. The molecule has 0 aliphatic heterocycles. The Kier molecular flexibility index (Phi) is 2.91. The van der Waals surface area contributed by atoms with Gasteiger partial charge in [0.05, 0.1) is 0 Å². The van der Waals surface area contributed by atoms with Crippen LogP contribution in [0.2, 0.25) is 0 Å². The monoisotopic (exact) mass is 237 g/mol. The highest BCUT2D eigenvalue weighted by molar-refractivity contribution is 5.31. The first kappa shape index (κ1) is 11.3. The van der Waals surface area contributed by atoms with Gasteiger partial charge < -0.3 is 9.94 Å². The van der Waals surface area contributed by atoms with Crippen LogP contribution >= 0.6 is 0 Å². The van der Waals surface area contributed by atoms with Gasteiger partial charge in [-0.05, 0) is 12.1 Å². The summed E-state index contributed by atoms with van der Waals surface area (Å²) in [5.74, 6) is -1.23. The van der Waals surface area contributed by atoms with Crippen LogP contribution in [0.5, 0.6) is 11.5 Å². The summed E-state index contributed by atoms with van der Waals surface area (Å²) in [6.45, 7) is 1.60. The molecule has 0 aliphatic carbocycles. The van der Waals surface area contributed by atoms with E-state index in [0.717, 1.165) is 12.1 Å². The zero-order chi connectivity index (χ0) is 12.4. The number of aromatic nitrogens is 1. The van der Waals surface area contributed by atoms with E-state index in [0.29, 0.717) is 16.2 Å². The van der Waals surface area contributed by atoms with Crippen molar-refractivity contribution in [3.8, 4) is 11.5 Å². The quantitative estimate of drug-likeness (QED) is 0.594. The van der Waals surface area contributed by atoms with Crippen LogP contribution in [0, 0.1) is 23.8 Å². The zero-order valence-electron chi connectivity index (χ0n) is 8.98. The van der Waals surface area contributed by atoms with E-state index < -0.39 is 11.6 Å². The lowest BCUT2D eigenvalue weighted by molar-refractivity contribution is -0.612. The van der Waals surface area contributed by atoms with Crippen LogP contribution in [0.25, 0.3) is 0 Å². The summed E-state index contributed by atoms with van der Waals surface area (Å²) < 4.78 is 31.8. The Labute approximate surface area is 96.5 Å². The molecule has 1 heterocycles. The standard InChI is InChI=1S/C12H9F2NO2/c1-8-6-10(4-5-15(8)16)17-12-3-2-9(13)7-11(12)14/h2-7H,1H3. The molecule has 0 saturated carbocycles. The molecule has 0 amide bonds. The third kappa shape index (κ3) is 2.50. The van der Waals surface area contributed by atoms with Gasteiger partial charge >= 0.3 is 0 Å². The molecule has 17 heavy (non-hydrogen) atoms. The minimum absolute atomic E-state index is 0.0885. The number of hydrogen-bond donors (Lipinski definition) is 0. The lowest BCUT2D eigenvalue weighted by atomic mass is 10.3. The average molecular weight is 237 g/mol. The maximum atomic E-state index is 13.3. The van der Waals surface area contributed by atoms with Crippen LogP contribution in [0.15, 0.2) is 36.5 Å². The molecule has 0 N–H and O–H groups in total. The largest absolute Gasteiger partial charge is 0.619 e. The van der Waals surface area contributed by atoms with Gasteiger partial charge in [-0.3, -0.25) is 0 Å². The number of hydrogen-bond acceptors (Lipinski definition) is 2. The van der Waals surface area contributed by atoms with E-state index in [-0.39, 0.29) is 5.75 Å². The fourth-order valence-electron chi connectivity index (χ4n) is 1.32. The number of aryl methyl sites for hydroxylation is 1. The molecule has 0 radical (unpaired) electrons. The fraction of sp³-hybridized carbons (Fsp3) is 0.0833. The molecule has 1 aromatic heterocycles. The van der Waals surface area contributed by atoms with E-state index in [1.807, 2.05) is 0 Å². The van der Waals surface area contributed by atoms with Gasteiger partial charge in [0.15, 0.2) is 23.5 Å². The van der Waals surface area contributed by atoms with Gasteiger partial charge in [0.1, 0.15) is 11.6 Å². The summed E-state index contributed by atoms with van der Waals surface area (Å²) in [7, 11) is 0. The van der Waals surface area contributed by atoms with Gasteiger partial charge in [-0.25, -0.2) is 8.78 Å². The number of nitrogens with zero attached hydrogens (tertiary/aromatic N) is 1. The van der Waals surface area contributed by atoms with E-state index in [1.165, 1.54) is 24.4 Å². The zero-order valence-corrected chi connectivity index (χ0v) is 8.98. The van der Waals surface area contributed by atoms with Gasteiger partial charge in [0, 0.05) is 25.1 Å². The second-order valence-corrected chi connectivity index (χ2v) is 3.51. The second kappa shape index (κ2) is 4.37. The Bertz CT molecular complexity index is 558. The lowest BCUT2D eigenvalue weighted by Crippen LogP contribution is -2.28. The van der Waals surface area contributed by atoms with Crippen molar-refractivity contribution in [2.75, 3.05) is 0 Å². The summed E-state index contributed by atoms with van der Waals surface area (Å²) in [4.78, 5) is 0. The first-order valence-electron chi connectivity index (χ1n) is 4.89. The van der Waals surface area contributed by atoms with Crippen molar-refractivity contribution in [1.82, 2.24) is 0 Å². The van der Waals surface area contributed by atoms with Crippen molar-refractivity contribution in [2.45, 2.75) is 6.92 Å². The maximum Gasteiger partial charge on any atom is 0.193 e. The molecule has 2 aromatic rings. The Balaban J connectivity index is 2.28. The molecule has 0 spiro atoms. The SMILES string of the molecule is Cc1cc(Oc2ccc(F)cc2F)cc[n+]1[O-]. The molecule has 0 saturated heterocycles. The normalized spacial score (nSPS) is 10.3. The molecule has 2 rings (SSSR count). The molecule has 1 aromatic carbocycles. The summed E-state index contributed by atoms with van der Waals surface area (Å²) in [5.41, 5.74) is 0.421. The first-order valence-corrected chi connectivity index (χ1v) is 4.89. The van der Waals surface area contributed by atoms with Crippen molar-refractivity contribution < 1.29 is 18.2 Å². The molecule has 0 aliphatic rings. The highest BCUT2D eigenvalue weighted by Crippen LogP contribution is 2.24. The average Bonchev–Trinajstić information content (AvgIpc) is 2.27. The number of benzene rings is 1. The Morgan fingerprint density at radius 3 is 2.59 bits per heavy atom. The number of halogens is 2. The Hall–Kier alpha value is -2.17. The highest BCUT2D eigenvalue weighted by atomic mass is 19.1. The van der Waals surface area contributed by atoms with Crippen molar-refractivity contribution in [3.63, 3.8) is 0 Å². The molecule has 88 valence electrons. The molecule has 0 atom stereocenters. The number of ether oxygens (including phenoxy) is 1.